The number of benzene rings is 1. The van der Waals surface area contributed by atoms with Crippen molar-refractivity contribution in [1.82, 2.24) is 4.98 Å². The van der Waals surface area contributed by atoms with Crippen molar-refractivity contribution >= 4 is 17.3 Å². The lowest BCUT2D eigenvalue weighted by molar-refractivity contribution is 0.0466. The summed E-state index contributed by atoms with van der Waals surface area (Å²) in [5.74, 6) is 2.11. The Bertz CT molecular complexity index is 928. The first kappa shape index (κ1) is 18.0. The van der Waals surface area contributed by atoms with E-state index in [1.807, 2.05) is 23.6 Å². The van der Waals surface area contributed by atoms with Gasteiger partial charge in [-0.05, 0) is 38.1 Å². The summed E-state index contributed by atoms with van der Waals surface area (Å²) in [5, 5.41) is 2.68. The largest absolute Gasteiger partial charge is 0.493 e. The molecule has 0 unspecified atom stereocenters. The van der Waals surface area contributed by atoms with Crippen LogP contribution >= 0.6 is 11.3 Å². The van der Waals surface area contributed by atoms with Crippen LogP contribution in [0.15, 0.2) is 34.1 Å². The molecule has 26 heavy (non-hydrogen) atoms. The van der Waals surface area contributed by atoms with Crippen LogP contribution in [0.5, 0.6) is 11.5 Å². The Kier molecular flexibility index (Phi) is 5.27. The maximum absolute atomic E-state index is 12.1. The van der Waals surface area contributed by atoms with Crippen LogP contribution in [0.25, 0.3) is 10.6 Å². The molecule has 136 valence electrons. The SMILES string of the molecule is COc1ccc(-c2nc(COC(=O)c3cc(C)oc3C)cs2)cc1OC. The van der Waals surface area contributed by atoms with Gasteiger partial charge in [-0.1, -0.05) is 0 Å². The molecule has 0 atom stereocenters. The van der Waals surface area contributed by atoms with Crippen molar-refractivity contribution in [3.63, 3.8) is 0 Å². The van der Waals surface area contributed by atoms with Crippen LogP contribution in [0.3, 0.4) is 0 Å². The Morgan fingerprint density at radius 2 is 1.92 bits per heavy atom. The van der Waals surface area contributed by atoms with Crippen molar-refractivity contribution < 1.29 is 23.4 Å². The fraction of sp³-hybridized carbons (Fsp3) is 0.263. The maximum Gasteiger partial charge on any atom is 0.342 e. The molecule has 2 aromatic heterocycles. The lowest BCUT2D eigenvalue weighted by Gasteiger charge is -2.08. The van der Waals surface area contributed by atoms with E-state index in [9.17, 15) is 4.79 Å². The number of hydrogen-bond donors (Lipinski definition) is 0. The molecule has 3 rings (SSSR count). The van der Waals surface area contributed by atoms with Crippen LogP contribution in [0.4, 0.5) is 0 Å². The van der Waals surface area contributed by atoms with Crippen LogP contribution in [-0.4, -0.2) is 25.2 Å². The number of aryl methyl sites for hydroxylation is 2. The summed E-state index contributed by atoms with van der Waals surface area (Å²) in [4.78, 5) is 16.7. The molecule has 0 amide bonds. The molecule has 6 nitrogen and oxygen atoms in total. The normalized spacial score (nSPS) is 10.6. The molecular weight excluding hydrogens is 354 g/mol. The molecular formula is C19H19NO5S. The van der Waals surface area contributed by atoms with Gasteiger partial charge in [0, 0.05) is 10.9 Å². The number of hydrogen-bond acceptors (Lipinski definition) is 7. The smallest absolute Gasteiger partial charge is 0.342 e. The molecule has 0 aliphatic rings. The van der Waals surface area contributed by atoms with Crippen LogP contribution < -0.4 is 9.47 Å². The second-order valence-corrected chi connectivity index (χ2v) is 6.47. The van der Waals surface area contributed by atoms with Crippen molar-refractivity contribution in [1.29, 1.82) is 0 Å². The van der Waals surface area contributed by atoms with Crippen LogP contribution in [0.1, 0.15) is 27.6 Å². The van der Waals surface area contributed by atoms with Crippen molar-refractivity contribution in [2.24, 2.45) is 0 Å². The van der Waals surface area contributed by atoms with Crippen molar-refractivity contribution in [2.75, 3.05) is 14.2 Å². The Balaban J connectivity index is 1.70. The van der Waals surface area contributed by atoms with Gasteiger partial charge < -0.3 is 18.6 Å². The second kappa shape index (κ2) is 7.61. The number of aromatic nitrogens is 1. The number of rotatable bonds is 6. The Morgan fingerprint density at radius 1 is 1.15 bits per heavy atom. The third-order valence-electron chi connectivity index (χ3n) is 3.79. The summed E-state index contributed by atoms with van der Waals surface area (Å²) in [6.45, 7) is 3.63. The highest BCUT2D eigenvalue weighted by atomic mass is 32.1. The van der Waals surface area contributed by atoms with Crippen LogP contribution in [0.2, 0.25) is 0 Å². The molecule has 2 heterocycles. The van der Waals surface area contributed by atoms with E-state index in [2.05, 4.69) is 4.98 Å². The number of methoxy groups -OCH3 is 2. The van der Waals surface area contributed by atoms with E-state index in [0.717, 1.165) is 10.6 Å². The predicted octanol–water partition coefficient (Wildman–Crippen LogP) is 4.39. The first-order valence-corrected chi connectivity index (χ1v) is 8.80. The number of nitrogens with zero attached hydrogens (tertiary/aromatic N) is 1. The minimum Gasteiger partial charge on any atom is -0.493 e. The summed E-state index contributed by atoms with van der Waals surface area (Å²) in [5.41, 5.74) is 2.04. The molecule has 0 saturated heterocycles. The van der Waals surface area contributed by atoms with Gasteiger partial charge in [0.2, 0.25) is 0 Å². The molecule has 7 heteroatoms. The minimum absolute atomic E-state index is 0.103. The predicted molar refractivity (Wildman–Crippen MR) is 98.0 cm³/mol. The average Bonchev–Trinajstić information content (AvgIpc) is 3.25. The first-order chi connectivity index (χ1) is 12.5. The Labute approximate surface area is 155 Å². The van der Waals surface area contributed by atoms with Crippen molar-refractivity contribution in [3.05, 3.63) is 52.4 Å². The van der Waals surface area contributed by atoms with Gasteiger partial charge in [0.05, 0.1) is 19.9 Å². The summed E-state index contributed by atoms with van der Waals surface area (Å²) in [6, 6.07) is 7.28. The fourth-order valence-corrected chi connectivity index (χ4v) is 3.33. The van der Waals surface area contributed by atoms with E-state index in [-0.39, 0.29) is 6.61 Å². The summed E-state index contributed by atoms with van der Waals surface area (Å²) in [7, 11) is 3.19. The van der Waals surface area contributed by atoms with Gasteiger partial charge in [0.15, 0.2) is 11.5 Å². The summed E-state index contributed by atoms with van der Waals surface area (Å²) < 4.78 is 21.3. The zero-order chi connectivity index (χ0) is 18.7. The zero-order valence-electron chi connectivity index (χ0n) is 15.0. The third kappa shape index (κ3) is 3.72. The topological polar surface area (TPSA) is 70.8 Å². The highest BCUT2D eigenvalue weighted by Crippen LogP contribution is 2.33. The van der Waals surface area contributed by atoms with Crippen LogP contribution in [-0.2, 0) is 11.3 Å². The van der Waals surface area contributed by atoms with Crippen molar-refractivity contribution in [2.45, 2.75) is 20.5 Å². The standard InChI is InChI=1S/C19H19NO5S/c1-11-7-15(12(2)25-11)19(21)24-9-14-10-26-18(20-14)13-5-6-16(22-3)17(8-13)23-4/h5-8,10H,9H2,1-4H3. The molecule has 0 radical (unpaired) electrons. The molecule has 3 aromatic rings. The van der Waals surface area contributed by atoms with Gasteiger partial charge in [0.25, 0.3) is 0 Å². The van der Waals surface area contributed by atoms with E-state index < -0.39 is 5.97 Å². The van der Waals surface area contributed by atoms with E-state index in [1.54, 1.807) is 34.1 Å². The van der Waals surface area contributed by atoms with Gasteiger partial charge in [-0.2, -0.15) is 0 Å². The van der Waals surface area contributed by atoms with E-state index in [1.165, 1.54) is 11.3 Å². The second-order valence-electron chi connectivity index (χ2n) is 5.62. The minimum atomic E-state index is -0.417. The lowest BCUT2D eigenvalue weighted by Crippen LogP contribution is -2.05. The number of furan rings is 1. The molecule has 1 aromatic carbocycles. The summed E-state index contributed by atoms with van der Waals surface area (Å²) >= 11 is 1.47. The van der Waals surface area contributed by atoms with E-state index >= 15 is 0 Å². The van der Waals surface area contributed by atoms with Gasteiger partial charge in [-0.25, -0.2) is 9.78 Å². The Hall–Kier alpha value is -2.80. The lowest BCUT2D eigenvalue weighted by atomic mass is 10.2. The molecule has 0 saturated carbocycles. The monoisotopic (exact) mass is 373 g/mol. The van der Waals surface area contributed by atoms with Crippen LogP contribution in [0, 0.1) is 13.8 Å². The van der Waals surface area contributed by atoms with Gasteiger partial charge in [-0.3, -0.25) is 0 Å². The Morgan fingerprint density at radius 3 is 2.58 bits per heavy atom. The van der Waals surface area contributed by atoms with Crippen molar-refractivity contribution in [3.8, 4) is 22.1 Å². The molecule has 0 bridgehead atoms. The highest BCUT2D eigenvalue weighted by Gasteiger charge is 2.16. The number of thiazole rings is 1. The molecule has 0 aliphatic heterocycles. The fourth-order valence-electron chi connectivity index (χ4n) is 2.53. The molecule has 0 N–H and O–H groups in total. The zero-order valence-corrected chi connectivity index (χ0v) is 15.8. The van der Waals surface area contributed by atoms with E-state index in [0.29, 0.717) is 34.3 Å². The quantitative estimate of drug-likeness (QED) is 0.597. The summed E-state index contributed by atoms with van der Waals surface area (Å²) in [6.07, 6.45) is 0. The van der Waals surface area contributed by atoms with Gasteiger partial charge in [0.1, 0.15) is 28.7 Å². The highest BCUT2D eigenvalue weighted by molar-refractivity contribution is 7.13. The van der Waals surface area contributed by atoms with Gasteiger partial charge >= 0.3 is 5.97 Å². The number of carbonyl (C=O) groups excluding carboxylic acids is 1. The molecule has 0 fully saturated rings. The number of esters is 1. The number of ether oxygens (including phenoxy) is 3. The molecule has 0 spiro atoms. The maximum atomic E-state index is 12.1. The average molecular weight is 373 g/mol. The van der Waals surface area contributed by atoms with E-state index in [4.69, 9.17) is 18.6 Å². The molecule has 0 aliphatic carbocycles. The third-order valence-corrected chi connectivity index (χ3v) is 4.73. The first-order valence-electron chi connectivity index (χ1n) is 7.92. The van der Waals surface area contributed by atoms with Gasteiger partial charge in [-0.15, -0.1) is 11.3 Å². The number of carbonyl (C=O) groups is 1.